The van der Waals surface area contributed by atoms with E-state index in [1.165, 1.54) is 17.9 Å². The van der Waals surface area contributed by atoms with E-state index in [1.807, 2.05) is 0 Å². The van der Waals surface area contributed by atoms with Crippen LogP contribution in [0, 0.1) is 6.92 Å². The maximum atomic E-state index is 12.4. The topological polar surface area (TPSA) is 103 Å². The second kappa shape index (κ2) is 7.39. The molecule has 0 saturated carbocycles. The van der Waals surface area contributed by atoms with Crippen molar-refractivity contribution in [2.45, 2.75) is 70.4 Å². The van der Waals surface area contributed by atoms with Gasteiger partial charge in [0.15, 0.2) is 14.5 Å². The third kappa shape index (κ3) is 3.86. The van der Waals surface area contributed by atoms with Crippen LogP contribution in [0.25, 0.3) is 0 Å². The molecule has 2 N–H and O–H groups in total. The number of aryl methyl sites for hydroxylation is 1. The minimum atomic E-state index is -2.22. The molecule has 8 nitrogen and oxygen atoms in total. The molecule has 9 heteroatoms. The highest BCUT2D eigenvalue weighted by Gasteiger charge is 2.51. The molecule has 0 aromatic carbocycles. The molecule has 1 aliphatic heterocycles. The molecule has 0 bridgehead atoms. The van der Waals surface area contributed by atoms with E-state index >= 15 is 0 Å². The van der Waals surface area contributed by atoms with Crippen LogP contribution in [0.15, 0.2) is 15.8 Å². The summed E-state index contributed by atoms with van der Waals surface area (Å²) in [5, 5.41) is 9.63. The van der Waals surface area contributed by atoms with Crippen molar-refractivity contribution in [3.63, 3.8) is 0 Å². The fourth-order valence-corrected chi connectivity index (χ4v) is 4.07. The van der Waals surface area contributed by atoms with E-state index in [0.29, 0.717) is 5.56 Å². The SMILES string of the molecule is COC1[C@@H](CO)O[C@@H](n2cc(C)c(=O)[nH]c2=O)[C@H]1O[Si](C)(C)C(C)(C)C. The fraction of sp³-hybridized carbons (Fsp3) is 0.765. The smallest absolute Gasteiger partial charge is 0.330 e. The summed E-state index contributed by atoms with van der Waals surface area (Å²) in [6.45, 7) is 11.9. The second-order valence-electron chi connectivity index (χ2n) is 8.27. The van der Waals surface area contributed by atoms with Crippen molar-refractivity contribution in [2.75, 3.05) is 13.7 Å². The van der Waals surface area contributed by atoms with Crippen LogP contribution < -0.4 is 11.2 Å². The molecule has 1 fully saturated rings. The molecule has 1 unspecified atom stereocenters. The van der Waals surface area contributed by atoms with Gasteiger partial charge in [0.05, 0.1) is 6.61 Å². The first-order valence-corrected chi connectivity index (χ1v) is 11.6. The Morgan fingerprint density at radius 3 is 2.42 bits per heavy atom. The van der Waals surface area contributed by atoms with E-state index in [-0.39, 0.29) is 11.6 Å². The Kier molecular flexibility index (Phi) is 5.98. The predicted molar refractivity (Wildman–Crippen MR) is 99.9 cm³/mol. The molecular formula is C17H30N2O6Si. The Balaban J connectivity index is 2.50. The number of rotatable bonds is 5. The second-order valence-corrected chi connectivity index (χ2v) is 13.0. The summed E-state index contributed by atoms with van der Waals surface area (Å²) in [4.78, 5) is 26.3. The maximum absolute atomic E-state index is 12.4. The Labute approximate surface area is 154 Å². The van der Waals surface area contributed by atoms with Gasteiger partial charge < -0.3 is 19.0 Å². The van der Waals surface area contributed by atoms with Gasteiger partial charge in [0.1, 0.15) is 18.3 Å². The van der Waals surface area contributed by atoms with Gasteiger partial charge in [-0.1, -0.05) is 20.8 Å². The summed E-state index contributed by atoms with van der Waals surface area (Å²) in [5.41, 5.74) is -0.628. The van der Waals surface area contributed by atoms with E-state index in [4.69, 9.17) is 13.9 Å². The lowest BCUT2D eigenvalue weighted by Gasteiger charge is -2.40. The lowest BCUT2D eigenvalue weighted by atomic mass is 10.1. The number of methoxy groups -OCH3 is 1. The molecule has 0 radical (unpaired) electrons. The number of hydrogen-bond acceptors (Lipinski definition) is 6. The van der Waals surface area contributed by atoms with E-state index in [2.05, 4.69) is 38.8 Å². The zero-order valence-corrected chi connectivity index (χ0v) is 17.5. The molecule has 1 aromatic rings. The van der Waals surface area contributed by atoms with Crippen LogP contribution in [0.2, 0.25) is 18.1 Å². The van der Waals surface area contributed by atoms with Gasteiger partial charge in [-0.2, -0.15) is 0 Å². The van der Waals surface area contributed by atoms with E-state index < -0.39 is 44.1 Å². The summed E-state index contributed by atoms with van der Waals surface area (Å²) >= 11 is 0. The number of aromatic amines is 1. The Morgan fingerprint density at radius 2 is 1.92 bits per heavy atom. The van der Waals surface area contributed by atoms with Crippen molar-refractivity contribution in [1.29, 1.82) is 0 Å². The number of hydrogen-bond donors (Lipinski definition) is 2. The lowest BCUT2D eigenvalue weighted by Crippen LogP contribution is -2.50. The van der Waals surface area contributed by atoms with Gasteiger partial charge in [-0.05, 0) is 25.1 Å². The van der Waals surface area contributed by atoms with Gasteiger partial charge in [0, 0.05) is 18.9 Å². The predicted octanol–water partition coefficient (Wildman–Crippen LogP) is 1.14. The van der Waals surface area contributed by atoms with Crippen LogP contribution >= 0.6 is 0 Å². The average Bonchev–Trinajstić information content (AvgIpc) is 2.86. The first-order valence-electron chi connectivity index (χ1n) is 8.72. The molecule has 2 heterocycles. The molecular weight excluding hydrogens is 356 g/mol. The number of nitrogens with one attached hydrogen (secondary N) is 1. The minimum Gasteiger partial charge on any atom is -0.407 e. The van der Waals surface area contributed by atoms with E-state index in [0.717, 1.165) is 0 Å². The lowest BCUT2D eigenvalue weighted by molar-refractivity contribution is -0.0562. The molecule has 26 heavy (non-hydrogen) atoms. The number of aromatic nitrogens is 2. The summed E-state index contributed by atoms with van der Waals surface area (Å²) in [6.07, 6.45) is -1.08. The largest absolute Gasteiger partial charge is 0.407 e. The van der Waals surface area contributed by atoms with Crippen LogP contribution in [0.1, 0.15) is 32.6 Å². The Morgan fingerprint density at radius 1 is 1.31 bits per heavy atom. The zero-order chi connectivity index (χ0) is 19.9. The van der Waals surface area contributed by atoms with Crippen LogP contribution in [-0.2, 0) is 13.9 Å². The number of nitrogens with zero attached hydrogens (tertiary/aromatic N) is 1. The maximum Gasteiger partial charge on any atom is 0.330 e. The van der Waals surface area contributed by atoms with E-state index in [1.54, 1.807) is 6.92 Å². The van der Waals surface area contributed by atoms with Crippen LogP contribution in [-0.4, -0.2) is 55.0 Å². The van der Waals surface area contributed by atoms with Crippen molar-refractivity contribution in [3.05, 3.63) is 32.6 Å². The van der Waals surface area contributed by atoms with Gasteiger partial charge in [-0.15, -0.1) is 0 Å². The van der Waals surface area contributed by atoms with Gasteiger partial charge in [0.25, 0.3) is 5.56 Å². The summed E-state index contributed by atoms with van der Waals surface area (Å²) in [5.74, 6) is 0. The van der Waals surface area contributed by atoms with Crippen molar-refractivity contribution < 1.29 is 19.0 Å². The standard InChI is InChI=1S/C17H30N2O6Si/c1-10-8-19(16(22)18-14(10)21)15-13(12(23-5)11(9-20)24-15)25-26(6,7)17(2,3)4/h8,11-13,15,20H,9H2,1-7H3,(H,18,21,22)/t11-,12?,13+,15-/m1/s1. The van der Waals surface area contributed by atoms with Gasteiger partial charge in [-0.25, -0.2) is 4.79 Å². The van der Waals surface area contributed by atoms with E-state index in [9.17, 15) is 14.7 Å². The number of aliphatic hydroxyl groups is 1. The van der Waals surface area contributed by atoms with Crippen molar-refractivity contribution in [1.82, 2.24) is 9.55 Å². The third-order valence-electron chi connectivity index (χ3n) is 5.39. The van der Waals surface area contributed by atoms with Gasteiger partial charge in [0.2, 0.25) is 0 Å². The van der Waals surface area contributed by atoms with Gasteiger partial charge >= 0.3 is 5.69 Å². The molecule has 0 spiro atoms. The zero-order valence-electron chi connectivity index (χ0n) is 16.5. The fourth-order valence-electron chi connectivity index (χ4n) is 2.78. The highest BCUT2D eigenvalue weighted by molar-refractivity contribution is 6.74. The molecule has 0 amide bonds. The highest BCUT2D eigenvalue weighted by Crippen LogP contribution is 2.42. The average molecular weight is 387 g/mol. The number of H-pyrrole nitrogens is 1. The molecule has 0 aliphatic carbocycles. The van der Waals surface area contributed by atoms with Crippen LogP contribution in [0.5, 0.6) is 0 Å². The summed E-state index contributed by atoms with van der Waals surface area (Å²) < 4.78 is 19.3. The molecule has 2 rings (SSSR count). The normalized spacial score (nSPS) is 27.1. The quantitative estimate of drug-likeness (QED) is 0.736. The minimum absolute atomic E-state index is 0.0565. The Hall–Kier alpha value is -1.26. The molecule has 148 valence electrons. The van der Waals surface area contributed by atoms with Crippen molar-refractivity contribution in [3.8, 4) is 0 Å². The third-order valence-corrected chi connectivity index (χ3v) is 9.87. The molecule has 4 atom stereocenters. The molecule has 1 saturated heterocycles. The molecule has 1 aromatic heterocycles. The first kappa shape index (κ1) is 21.0. The van der Waals surface area contributed by atoms with Gasteiger partial charge in [-0.3, -0.25) is 14.3 Å². The molecule has 1 aliphatic rings. The summed E-state index contributed by atoms with van der Waals surface area (Å²) in [6, 6.07) is 0. The Bertz CT molecular complexity index is 751. The first-order chi connectivity index (χ1) is 11.9. The van der Waals surface area contributed by atoms with Crippen molar-refractivity contribution >= 4 is 8.32 Å². The van der Waals surface area contributed by atoms with Crippen LogP contribution in [0.3, 0.4) is 0 Å². The number of aliphatic hydroxyl groups excluding tert-OH is 1. The van der Waals surface area contributed by atoms with Crippen LogP contribution in [0.4, 0.5) is 0 Å². The number of ether oxygens (including phenoxy) is 2. The van der Waals surface area contributed by atoms with Crippen molar-refractivity contribution in [2.24, 2.45) is 0 Å². The monoisotopic (exact) mass is 386 g/mol. The highest BCUT2D eigenvalue weighted by atomic mass is 28.4. The summed E-state index contributed by atoms with van der Waals surface area (Å²) in [7, 11) is -0.686.